The van der Waals surface area contributed by atoms with Crippen molar-refractivity contribution in [2.75, 3.05) is 11.9 Å². The number of rotatable bonds is 3. The first-order chi connectivity index (χ1) is 11.1. The summed E-state index contributed by atoms with van der Waals surface area (Å²) in [7, 11) is 0. The van der Waals surface area contributed by atoms with E-state index in [-0.39, 0.29) is 0 Å². The Morgan fingerprint density at radius 3 is 2.57 bits per heavy atom. The molecule has 3 nitrogen and oxygen atoms in total. The Labute approximate surface area is 140 Å². The second-order valence-electron chi connectivity index (χ2n) is 6.61. The fourth-order valence-electron chi connectivity index (χ4n) is 2.86. The topological polar surface area (TPSA) is 37.0 Å². The van der Waals surface area contributed by atoms with E-state index in [1.165, 1.54) is 12.0 Å². The highest BCUT2D eigenvalue weighted by Gasteiger charge is 2.13. The number of nitrogens with one attached hydrogen (secondary N) is 2. The zero-order valence-electron chi connectivity index (χ0n) is 14.8. The van der Waals surface area contributed by atoms with Gasteiger partial charge < -0.3 is 10.6 Å². The van der Waals surface area contributed by atoms with Crippen LogP contribution in [0.3, 0.4) is 0 Å². The molecule has 3 rings (SSSR count). The first-order valence-electron chi connectivity index (χ1n) is 8.56. The number of nitrogens with zero attached hydrogens (tertiary/aromatic N) is 1. The summed E-state index contributed by atoms with van der Waals surface area (Å²) in [5, 5.41) is 6.68. The Morgan fingerprint density at radius 1 is 1.09 bits per heavy atom. The van der Waals surface area contributed by atoms with Gasteiger partial charge in [0.25, 0.3) is 0 Å². The van der Waals surface area contributed by atoms with Gasteiger partial charge in [0.1, 0.15) is 0 Å². The lowest BCUT2D eigenvalue weighted by Crippen LogP contribution is -2.24. The number of hydrogen-bond donors (Lipinski definition) is 2. The number of benzene rings is 1. The van der Waals surface area contributed by atoms with E-state index in [9.17, 15) is 0 Å². The number of aromatic nitrogens is 1. The SMILES string of the molecule is CC(C)Nc1cccnc1.CC(C)c1cccc2c1CNCC2. The molecule has 0 amide bonds. The van der Waals surface area contributed by atoms with Crippen LogP contribution in [0.15, 0.2) is 42.7 Å². The van der Waals surface area contributed by atoms with E-state index in [0.29, 0.717) is 12.0 Å². The molecule has 1 aliphatic rings. The predicted molar refractivity (Wildman–Crippen MR) is 98.9 cm³/mol. The van der Waals surface area contributed by atoms with Gasteiger partial charge in [0, 0.05) is 25.0 Å². The number of anilines is 1. The fourth-order valence-corrected chi connectivity index (χ4v) is 2.86. The monoisotopic (exact) mass is 311 g/mol. The maximum absolute atomic E-state index is 3.98. The van der Waals surface area contributed by atoms with Crippen molar-refractivity contribution in [2.45, 2.75) is 52.6 Å². The van der Waals surface area contributed by atoms with Crippen LogP contribution in [-0.4, -0.2) is 17.6 Å². The molecule has 0 saturated carbocycles. The predicted octanol–water partition coefficient (Wildman–Crippen LogP) is 4.36. The van der Waals surface area contributed by atoms with Crippen LogP contribution in [0, 0.1) is 0 Å². The van der Waals surface area contributed by atoms with E-state index < -0.39 is 0 Å². The molecule has 0 aliphatic carbocycles. The summed E-state index contributed by atoms with van der Waals surface area (Å²) in [5.74, 6) is 0.648. The standard InChI is InChI=1S/C12H17N.C8H12N2/c1-9(2)11-5-3-4-10-6-7-13-8-12(10)11;1-7(2)10-8-4-3-5-9-6-8/h3-5,9,13H,6-8H2,1-2H3;3-7,10H,1-2H3. The van der Waals surface area contributed by atoms with Gasteiger partial charge in [-0.3, -0.25) is 4.98 Å². The molecule has 0 spiro atoms. The maximum atomic E-state index is 3.98. The van der Waals surface area contributed by atoms with Crippen molar-refractivity contribution in [3.05, 3.63) is 59.4 Å². The average molecular weight is 311 g/mol. The van der Waals surface area contributed by atoms with Gasteiger partial charge in [-0.2, -0.15) is 0 Å². The van der Waals surface area contributed by atoms with Crippen molar-refractivity contribution in [1.82, 2.24) is 10.3 Å². The Bertz CT molecular complexity index is 591. The molecule has 0 fully saturated rings. The highest BCUT2D eigenvalue weighted by Crippen LogP contribution is 2.24. The van der Waals surface area contributed by atoms with Gasteiger partial charge in [-0.15, -0.1) is 0 Å². The molecule has 2 N–H and O–H groups in total. The summed E-state index contributed by atoms with van der Waals surface area (Å²) in [6.45, 7) is 10.9. The molecule has 0 unspecified atom stereocenters. The minimum absolute atomic E-state index is 0.476. The summed E-state index contributed by atoms with van der Waals surface area (Å²) in [4.78, 5) is 3.98. The lowest BCUT2D eigenvalue weighted by Gasteiger charge is -2.21. The largest absolute Gasteiger partial charge is 0.382 e. The summed E-state index contributed by atoms with van der Waals surface area (Å²) in [6.07, 6.45) is 4.78. The first-order valence-corrected chi connectivity index (χ1v) is 8.56. The van der Waals surface area contributed by atoms with E-state index in [2.05, 4.69) is 61.5 Å². The highest BCUT2D eigenvalue weighted by atomic mass is 14.9. The zero-order chi connectivity index (χ0) is 16.7. The van der Waals surface area contributed by atoms with Crippen LogP contribution >= 0.6 is 0 Å². The second kappa shape index (κ2) is 8.68. The molecule has 1 aromatic carbocycles. The Kier molecular flexibility index (Phi) is 6.60. The lowest BCUT2D eigenvalue weighted by molar-refractivity contribution is 0.632. The quantitative estimate of drug-likeness (QED) is 0.884. The summed E-state index contributed by atoms with van der Waals surface area (Å²) >= 11 is 0. The van der Waals surface area contributed by atoms with Gasteiger partial charge in [0.2, 0.25) is 0 Å². The molecule has 23 heavy (non-hydrogen) atoms. The van der Waals surface area contributed by atoms with Gasteiger partial charge in [-0.05, 0) is 61.6 Å². The van der Waals surface area contributed by atoms with E-state index in [1.54, 1.807) is 17.3 Å². The van der Waals surface area contributed by atoms with Crippen LogP contribution in [0.25, 0.3) is 0 Å². The number of hydrogen-bond acceptors (Lipinski definition) is 3. The normalized spacial score (nSPS) is 13.3. The van der Waals surface area contributed by atoms with Crippen LogP contribution in [0.2, 0.25) is 0 Å². The van der Waals surface area contributed by atoms with Gasteiger partial charge in [0.15, 0.2) is 0 Å². The van der Waals surface area contributed by atoms with Crippen molar-refractivity contribution in [2.24, 2.45) is 0 Å². The highest BCUT2D eigenvalue weighted by molar-refractivity contribution is 5.40. The molecule has 2 aromatic rings. The van der Waals surface area contributed by atoms with Crippen LogP contribution in [0.5, 0.6) is 0 Å². The van der Waals surface area contributed by atoms with Crippen LogP contribution < -0.4 is 10.6 Å². The Balaban J connectivity index is 0.000000174. The minimum Gasteiger partial charge on any atom is -0.382 e. The minimum atomic E-state index is 0.476. The zero-order valence-corrected chi connectivity index (χ0v) is 14.8. The van der Waals surface area contributed by atoms with E-state index in [4.69, 9.17) is 0 Å². The van der Waals surface area contributed by atoms with Crippen molar-refractivity contribution >= 4 is 5.69 Å². The lowest BCUT2D eigenvalue weighted by atomic mass is 9.90. The van der Waals surface area contributed by atoms with E-state index in [1.807, 2.05) is 18.3 Å². The van der Waals surface area contributed by atoms with Crippen molar-refractivity contribution in [1.29, 1.82) is 0 Å². The molecule has 1 aromatic heterocycles. The smallest absolute Gasteiger partial charge is 0.0528 e. The Morgan fingerprint density at radius 2 is 1.91 bits per heavy atom. The third-order valence-electron chi connectivity index (χ3n) is 3.92. The molecule has 3 heteroatoms. The van der Waals surface area contributed by atoms with Crippen molar-refractivity contribution in [3.8, 4) is 0 Å². The summed E-state index contributed by atoms with van der Waals surface area (Å²) in [5.41, 5.74) is 5.69. The summed E-state index contributed by atoms with van der Waals surface area (Å²) in [6, 6.07) is 11.1. The molecular formula is C20H29N3. The van der Waals surface area contributed by atoms with E-state index in [0.717, 1.165) is 18.8 Å². The summed E-state index contributed by atoms with van der Waals surface area (Å²) < 4.78 is 0. The second-order valence-corrected chi connectivity index (χ2v) is 6.61. The third-order valence-corrected chi connectivity index (χ3v) is 3.92. The van der Waals surface area contributed by atoms with Gasteiger partial charge in [-0.25, -0.2) is 0 Å². The molecule has 0 radical (unpaired) electrons. The van der Waals surface area contributed by atoms with E-state index >= 15 is 0 Å². The van der Waals surface area contributed by atoms with Crippen LogP contribution in [-0.2, 0) is 13.0 Å². The number of fused-ring (bicyclic) bond motifs is 1. The van der Waals surface area contributed by atoms with Gasteiger partial charge >= 0.3 is 0 Å². The molecule has 1 aliphatic heterocycles. The van der Waals surface area contributed by atoms with Crippen molar-refractivity contribution < 1.29 is 0 Å². The van der Waals surface area contributed by atoms with Gasteiger partial charge in [0.05, 0.1) is 5.69 Å². The fraction of sp³-hybridized carbons (Fsp3) is 0.450. The number of pyridine rings is 1. The molecule has 0 atom stereocenters. The molecule has 0 bridgehead atoms. The maximum Gasteiger partial charge on any atom is 0.0528 e. The average Bonchev–Trinajstić information content (AvgIpc) is 2.55. The molecule has 2 heterocycles. The van der Waals surface area contributed by atoms with Crippen LogP contribution in [0.1, 0.15) is 50.3 Å². The van der Waals surface area contributed by atoms with Crippen molar-refractivity contribution in [3.63, 3.8) is 0 Å². The van der Waals surface area contributed by atoms with Gasteiger partial charge in [-0.1, -0.05) is 32.0 Å². The molecule has 124 valence electrons. The first kappa shape index (κ1) is 17.5. The molecular weight excluding hydrogens is 282 g/mol. The third kappa shape index (κ3) is 5.36. The molecule has 0 saturated heterocycles. The Hall–Kier alpha value is -1.87. The van der Waals surface area contributed by atoms with Crippen LogP contribution in [0.4, 0.5) is 5.69 Å².